The minimum absolute atomic E-state index is 0.109. The number of pyridine rings is 1. The molecule has 32 heavy (non-hydrogen) atoms. The summed E-state index contributed by atoms with van der Waals surface area (Å²) in [5.41, 5.74) is 4.60. The second-order valence-corrected chi connectivity index (χ2v) is 9.04. The van der Waals surface area contributed by atoms with Gasteiger partial charge in [0.25, 0.3) is 5.91 Å². The van der Waals surface area contributed by atoms with E-state index in [1.54, 1.807) is 0 Å². The van der Waals surface area contributed by atoms with Gasteiger partial charge in [-0.25, -0.2) is 9.97 Å². The molecule has 1 N–H and O–H groups in total. The summed E-state index contributed by atoms with van der Waals surface area (Å²) >= 11 is 0. The van der Waals surface area contributed by atoms with Crippen molar-refractivity contribution in [3.05, 3.63) is 48.2 Å². The molecule has 1 aromatic carbocycles. The minimum Gasteiger partial charge on any atom is -0.337 e. The van der Waals surface area contributed by atoms with E-state index in [0.29, 0.717) is 6.04 Å². The Labute approximate surface area is 187 Å². The minimum atomic E-state index is 0.109. The van der Waals surface area contributed by atoms with E-state index in [1.807, 2.05) is 42.4 Å². The highest BCUT2D eigenvalue weighted by Crippen LogP contribution is 2.30. The second-order valence-electron chi connectivity index (χ2n) is 9.04. The first-order valence-corrected chi connectivity index (χ1v) is 11.6. The Kier molecular flexibility index (Phi) is 4.54. The maximum Gasteiger partial charge on any atom is 0.253 e. The van der Waals surface area contributed by atoms with Gasteiger partial charge in [-0.1, -0.05) is 0 Å². The number of aryl methyl sites for hydroxylation is 2. The maximum atomic E-state index is 13.3. The number of nitrogens with zero attached hydrogens (tertiary/aromatic N) is 5. The zero-order chi connectivity index (χ0) is 21.8. The van der Waals surface area contributed by atoms with Gasteiger partial charge in [0.15, 0.2) is 5.82 Å². The van der Waals surface area contributed by atoms with Crippen LogP contribution in [0.25, 0.3) is 33.6 Å². The number of likely N-dealkylation sites (tertiary alicyclic amines) is 1. The number of nitrogens with one attached hydrogen (secondary N) is 1. The van der Waals surface area contributed by atoms with Crippen LogP contribution in [0.2, 0.25) is 0 Å². The zero-order valence-corrected chi connectivity index (χ0v) is 18.6. The van der Waals surface area contributed by atoms with Crippen molar-refractivity contribution < 1.29 is 4.79 Å². The molecule has 2 unspecified atom stereocenters. The average Bonchev–Trinajstić information content (AvgIpc) is 3.52. The lowest BCUT2D eigenvalue weighted by molar-refractivity contribution is 0.0669. The number of amides is 1. The summed E-state index contributed by atoms with van der Waals surface area (Å²) in [6.07, 6.45) is 4.16. The van der Waals surface area contributed by atoms with Gasteiger partial charge in [-0.15, -0.1) is 0 Å². The lowest BCUT2D eigenvalue weighted by Gasteiger charge is -2.35. The third kappa shape index (κ3) is 2.95. The van der Waals surface area contributed by atoms with E-state index < -0.39 is 0 Å². The van der Waals surface area contributed by atoms with Crippen LogP contribution >= 0.6 is 0 Å². The fourth-order valence-electron chi connectivity index (χ4n) is 5.55. The molecule has 0 radical (unpaired) electrons. The van der Waals surface area contributed by atoms with Gasteiger partial charge in [0.05, 0.1) is 16.7 Å². The van der Waals surface area contributed by atoms with Crippen molar-refractivity contribution in [2.24, 2.45) is 13.0 Å². The average molecular weight is 429 g/mol. The Balaban J connectivity index is 1.37. The monoisotopic (exact) mass is 428 g/mol. The molecular weight excluding hydrogens is 400 g/mol. The first-order chi connectivity index (χ1) is 15.6. The van der Waals surface area contributed by atoms with Gasteiger partial charge in [0.1, 0.15) is 5.65 Å². The molecule has 0 bridgehead atoms. The molecule has 5 heterocycles. The first-order valence-electron chi connectivity index (χ1n) is 11.6. The Morgan fingerprint density at radius 2 is 2.12 bits per heavy atom. The summed E-state index contributed by atoms with van der Waals surface area (Å²) in [6, 6.07) is 12.6. The van der Waals surface area contributed by atoms with Gasteiger partial charge in [-0.2, -0.15) is 0 Å². The van der Waals surface area contributed by atoms with Gasteiger partial charge in [0, 0.05) is 49.9 Å². The molecule has 164 valence electrons. The number of carbonyl (C=O) groups excluding carboxylic acids is 1. The summed E-state index contributed by atoms with van der Waals surface area (Å²) in [4.78, 5) is 24.8. The van der Waals surface area contributed by atoms with Crippen molar-refractivity contribution in [2.45, 2.75) is 32.4 Å². The lowest BCUT2D eigenvalue weighted by Crippen LogP contribution is -2.48. The van der Waals surface area contributed by atoms with Gasteiger partial charge >= 0.3 is 0 Å². The van der Waals surface area contributed by atoms with E-state index in [0.717, 1.165) is 77.7 Å². The third-order valence-electron chi connectivity index (χ3n) is 7.29. The summed E-state index contributed by atoms with van der Waals surface area (Å²) in [5.74, 6) is 1.72. The van der Waals surface area contributed by atoms with Gasteiger partial charge in [-0.05, 0) is 68.6 Å². The van der Waals surface area contributed by atoms with Crippen molar-refractivity contribution >= 4 is 28.0 Å². The number of rotatable bonds is 3. The fraction of sp³-hybridized carbons (Fsp3) is 0.400. The van der Waals surface area contributed by atoms with Crippen molar-refractivity contribution in [1.29, 1.82) is 0 Å². The van der Waals surface area contributed by atoms with Crippen LogP contribution in [0.4, 0.5) is 0 Å². The summed E-state index contributed by atoms with van der Waals surface area (Å²) in [5, 5.41) is 4.67. The molecule has 2 atom stereocenters. The number of aromatic nitrogens is 4. The van der Waals surface area contributed by atoms with Crippen molar-refractivity contribution in [2.75, 3.05) is 19.6 Å². The van der Waals surface area contributed by atoms with Gasteiger partial charge in [-0.3, -0.25) is 4.79 Å². The van der Waals surface area contributed by atoms with Crippen LogP contribution < -0.4 is 5.32 Å². The van der Waals surface area contributed by atoms with Crippen LogP contribution in [-0.2, 0) is 13.6 Å². The molecule has 3 aromatic heterocycles. The second kappa shape index (κ2) is 7.45. The number of carbonyl (C=O) groups is 1. The highest BCUT2D eigenvalue weighted by Gasteiger charge is 2.34. The Bertz CT molecular complexity index is 1340. The largest absolute Gasteiger partial charge is 0.337 e. The summed E-state index contributed by atoms with van der Waals surface area (Å²) < 4.78 is 4.30. The zero-order valence-electron chi connectivity index (χ0n) is 18.6. The summed E-state index contributed by atoms with van der Waals surface area (Å²) in [6.45, 7) is 5.66. The lowest BCUT2D eigenvalue weighted by atomic mass is 9.92. The molecule has 4 aromatic rings. The molecule has 6 rings (SSSR count). The van der Waals surface area contributed by atoms with Crippen molar-refractivity contribution in [1.82, 2.24) is 29.3 Å². The normalized spacial score (nSPS) is 20.9. The highest BCUT2D eigenvalue weighted by molar-refractivity contribution is 5.98. The van der Waals surface area contributed by atoms with E-state index in [1.165, 1.54) is 6.42 Å². The molecule has 7 nitrogen and oxygen atoms in total. The molecule has 0 saturated carbocycles. The highest BCUT2D eigenvalue weighted by atomic mass is 16.2. The van der Waals surface area contributed by atoms with E-state index in [9.17, 15) is 4.79 Å². The molecule has 2 saturated heterocycles. The molecule has 2 aliphatic rings. The van der Waals surface area contributed by atoms with Crippen LogP contribution in [0.5, 0.6) is 0 Å². The Hall–Kier alpha value is -3.19. The molecule has 2 aliphatic heterocycles. The van der Waals surface area contributed by atoms with Crippen molar-refractivity contribution in [3.8, 4) is 11.5 Å². The first kappa shape index (κ1) is 19.5. The number of hydrogen-bond acceptors (Lipinski definition) is 4. The molecule has 2 fully saturated rings. The molecule has 1 amide bonds. The van der Waals surface area contributed by atoms with Gasteiger partial charge < -0.3 is 19.4 Å². The Morgan fingerprint density at radius 3 is 3.00 bits per heavy atom. The topological polar surface area (TPSA) is 68.0 Å². The molecule has 7 heteroatoms. The number of imidazole rings is 1. The molecule has 0 aliphatic carbocycles. The number of benzene rings is 1. The van der Waals surface area contributed by atoms with Crippen LogP contribution in [-0.4, -0.2) is 55.6 Å². The molecule has 0 spiro atoms. The SMILES string of the molecule is CCn1c(-c2nc3cc(C(=O)N4CCC5CCNC5C4)ccc3n2C)cc2cccnc21. The maximum absolute atomic E-state index is 13.3. The van der Waals surface area contributed by atoms with E-state index in [-0.39, 0.29) is 5.91 Å². The van der Waals surface area contributed by atoms with Crippen LogP contribution in [0.1, 0.15) is 30.1 Å². The van der Waals surface area contributed by atoms with E-state index in [4.69, 9.17) is 4.98 Å². The standard InChI is InChI=1S/C25H28N6O/c1-3-31-22(14-17-5-4-10-27-23(17)31)24-28-19-13-18(6-7-21(19)29(24)2)25(32)30-12-9-16-8-11-26-20(16)15-30/h4-7,10,13-14,16,20,26H,3,8-9,11-12,15H2,1-2H3. The number of hydrogen-bond donors (Lipinski definition) is 1. The Morgan fingerprint density at radius 1 is 1.22 bits per heavy atom. The van der Waals surface area contributed by atoms with E-state index >= 15 is 0 Å². The smallest absolute Gasteiger partial charge is 0.253 e. The van der Waals surface area contributed by atoms with Crippen LogP contribution in [0.15, 0.2) is 42.6 Å². The molecular formula is C25H28N6O. The third-order valence-corrected chi connectivity index (χ3v) is 7.29. The number of piperidine rings is 1. The van der Waals surface area contributed by atoms with E-state index in [2.05, 4.69) is 38.5 Å². The fourth-order valence-corrected chi connectivity index (χ4v) is 5.55. The quantitative estimate of drug-likeness (QED) is 0.543. The predicted molar refractivity (Wildman–Crippen MR) is 126 cm³/mol. The summed E-state index contributed by atoms with van der Waals surface area (Å²) in [7, 11) is 2.04. The van der Waals surface area contributed by atoms with Crippen LogP contribution in [0, 0.1) is 5.92 Å². The predicted octanol–water partition coefficient (Wildman–Crippen LogP) is 3.43. The van der Waals surface area contributed by atoms with Crippen molar-refractivity contribution in [3.63, 3.8) is 0 Å². The van der Waals surface area contributed by atoms with Gasteiger partial charge in [0.2, 0.25) is 0 Å². The number of fused-ring (bicyclic) bond motifs is 3. The van der Waals surface area contributed by atoms with Crippen LogP contribution in [0.3, 0.4) is 0 Å².